The third-order valence-corrected chi connectivity index (χ3v) is 5.65. The van der Waals surface area contributed by atoms with E-state index in [1.54, 1.807) is 29.1 Å². The Kier molecular flexibility index (Phi) is 6.53. The molecule has 0 fully saturated rings. The van der Waals surface area contributed by atoms with Crippen LogP contribution in [0, 0.1) is 6.92 Å². The van der Waals surface area contributed by atoms with Crippen LogP contribution in [0.2, 0.25) is 0 Å². The number of rotatable bonds is 7. The molecule has 0 radical (unpaired) electrons. The molecule has 6 heteroatoms. The van der Waals surface area contributed by atoms with Crippen LogP contribution in [0.1, 0.15) is 26.6 Å². The van der Waals surface area contributed by atoms with Gasteiger partial charge in [-0.1, -0.05) is 29.8 Å². The maximum absolute atomic E-state index is 12.6. The van der Waals surface area contributed by atoms with Crippen LogP contribution in [-0.2, 0) is 13.2 Å². The highest BCUT2D eigenvalue weighted by Gasteiger charge is 2.16. The van der Waals surface area contributed by atoms with E-state index in [1.807, 2.05) is 37.4 Å². The highest BCUT2D eigenvalue weighted by molar-refractivity contribution is 7.98. The van der Waals surface area contributed by atoms with Crippen LogP contribution in [0.5, 0.6) is 5.75 Å². The van der Waals surface area contributed by atoms with Gasteiger partial charge < -0.3 is 9.64 Å². The SMILES string of the molecule is CSc1ccc(CN(C)C(=O)c2csc(COc3ccc(C)cc3)n2)cc1. The molecule has 140 valence electrons. The molecule has 0 aliphatic heterocycles. The predicted molar refractivity (Wildman–Crippen MR) is 112 cm³/mol. The zero-order valence-electron chi connectivity index (χ0n) is 15.6. The number of thiazole rings is 1. The standard InChI is InChI=1S/C21H22N2O2S2/c1-15-4-8-17(9-5-15)25-13-20-22-19(14-27-20)21(24)23(2)12-16-6-10-18(26-3)11-7-16/h4-11,14H,12-13H2,1-3H3. The fraction of sp³-hybridized carbons (Fsp3) is 0.238. The first-order valence-corrected chi connectivity index (χ1v) is 10.7. The molecule has 0 aliphatic rings. The summed E-state index contributed by atoms with van der Waals surface area (Å²) in [4.78, 5) is 20.0. The highest BCUT2D eigenvalue weighted by Crippen LogP contribution is 2.18. The molecule has 0 atom stereocenters. The minimum Gasteiger partial charge on any atom is -0.486 e. The van der Waals surface area contributed by atoms with Crippen molar-refractivity contribution >= 4 is 29.0 Å². The van der Waals surface area contributed by atoms with Gasteiger partial charge in [0.2, 0.25) is 0 Å². The van der Waals surface area contributed by atoms with E-state index in [2.05, 4.69) is 29.2 Å². The van der Waals surface area contributed by atoms with Crippen molar-refractivity contribution in [1.82, 2.24) is 9.88 Å². The maximum Gasteiger partial charge on any atom is 0.273 e. The summed E-state index contributed by atoms with van der Waals surface area (Å²) in [5, 5.41) is 2.58. The van der Waals surface area contributed by atoms with E-state index >= 15 is 0 Å². The Morgan fingerprint density at radius 3 is 2.52 bits per heavy atom. The summed E-state index contributed by atoms with van der Waals surface area (Å²) in [6.07, 6.45) is 2.05. The number of carbonyl (C=O) groups is 1. The van der Waals surface area contributed by atoms with Gasteiger partial charge in [0.25, 0.3) is 5.91 Å². The Balaban J connectivity index is 1.57. The van der Waals surface area contributed by atoms with Gasteiger partial charge in [-0.3, -0.25) is 4.79 Å². The number of carbonyl (C=O) groups excluding carboxylic acids is 1. The van der Waals surface area contributed by atoms with Gasteiger partial charge in [-0.05, 0) is 43.0 Å². The van der Waals surface area contributed by atoms with Crippen LogP contribution in [-0.4, -0.2) is 29.1 Å². The normalized spacial score (nSPS) is 10.6. The third kappa shape index (κ3) is 5.34. The van der Waals surface area contributed by atoms with E-state index in [9.17, 15) is 4.79 Å². The van der Waals surface area contributed by atoms with E-state index in [-0.39, 0.29) is 5.91 Å². The van der Waals surface area contributed by atoms with E-state index in [0.717, 1.165) is 16.3 Å². The molecule has 0 saturated heterocycles. The van der Waals surface area contributed by atoms with Crippen molar-refractivity contribution in [3.8, 4) is 5.75 Å². The van der Waals surface area contributed by atoms with E-state index < -0.39 is 0 Å². The Morgan fingerprint density at radius 2 is 1.85 bits per heavy atom. The number of hydrogen-bond donors (Lipinski definition) is 0. The molecule has 0 bridgehead atoms. The minimum atomic E-state index is -0.0817. The molecule has 3 aromatic rings. The number of thioether (sulfide) groups is 1. The van der Waals surface area contributed by atoms with Gasteiger partial charge >= 0.3 is 0 Å². The molecule has 4 nitrogen and oxygen atoms in total. The quantitative estimate of drug-likeness (QED) is 0.524. The molecule has 3 rings (SSSR count). The molecule has 0 aliphatic carbocycles. The molecule has 1 aromatic heterocycles. The average molecular weight is 399 g/mol. The van der Waals surface area contributed by atoms with Crippen molar-refractivity contribution in [2.45, 2.75) is 25.0 Å². The number of hydrogen-bond acceptors (Lipinski definition) is 5. The largest absolute Gasteiger partial charge is 0.486 e. The van der Waals surface area contributed by atoms with Crippen molar-refractivity contribution in [2.24, 2.45) is 0 Å². The predicted octanol–water partition coefficient (Wildman–Crippen LogP) is 5.02. The van der Waals surface area contributed by atoms with Gasteiger partial charge in [0.1, 0.15) is 23.1 Å². The molecular formula is C21H22N2O2S2. The minimum absolute atomic E-state index is 0.0817. The molecule has 1 heterocycles. The lowest BCUT2D eigenvalue weighted by atomic mass is 10.2. The monoisotopic (exact) mass is 398 g/mol. The number of aromatic nitrogens is 1. The van der Waals surface area contributed by atoms with E-state index in [1.165, 1.54) is 21.8 Å². The van der Waals surface area contributed by atoms with E-state index in [4.69, 9.17) is 4.74 Å². The van der Waals surface area contributed by atoms with Gasteiger partial charge in [-0.25, -0.2) is 4.98 Å². The number of nitrogens with zero attached hydrogens (tertiary/aromatic N) is 2. The van der Waals surface area contributed by atoms with Gasteiger partial charge in [0, 0.05) is 23.9 Å². The Hall–Kier alpha value is -2.31. The first-order chi connectivity index (χ1) is 13.0. The fourth-order valence-corrected chi connectivity index (χ4v) is 3.61. The number of benzene rings is 2. The zero-order chi connectivity index (χ0) is 19.2. The van der Waals surface area contributed by atoms with Gasteiger partial charge in [-0.15, -0.1) is 23.1 Å². The fourth-order valence-electron chi connectivity index (χ4n) is 2.53. The summed E-state index contributed by atoms with van der Waals surface area (Å²) in [5.74, 6) is 0.719. The second-order valence-electron chi connectivity index (χ2n) is 6.24. The lowest BCUT2D eigenvalue weighted by molar-refractivity contribution is 0.0779. The van der Waals surface area contributed by atoms with E-state index in [0.29, 0.717) is 18.8 Å². The number of ether oxygens (including phenoxy) is 1. The smallest absolute Gasteiger partial charge is 0.273 e. The molecule has 0 N–H and O–H groups in total. The summed E-state index contributed by atoms with van der Waals surface area (Å²) in [6.45, 7) is 2.96. The lowest BCUT2D eigenvalue weighted by Gasteiger charge is -2.16. The van der Waals surface area contributed by atoms with Crippen LogP contribution in [0.25, 0.3) is 0 Å². The summed E-state index contributed by atoms with van der Waals surface area (Å²) < 4.78 is 5.74. The molecule has 0 saturated carbocycles. The molecule has 1 amide bonds. The van der Waals surface area contributed by atoms with Crippen molar-refractivity contribution in [3.63, 3.8) is 0 Å². The lowest BCUT2D eigenvalue weighted by Crippen LogP contribution is -2.26. The average Bonchev–Trinajstić information content (AvgIpc) is 3.16. The zero-order valence-corrected chi connectivity index (χ0v) is 17.3. The summed E-state index contributed by atoms with van der Waals surface area (Å²) in [6, 6.07) is 16.1. The molecule has 2 aromatic carbocycles. The molecule has 27 heavy (non-hydrogen) atoms. The Morgan fingerprint density at radius 1 is 1.15 bits per heavy atom. The van der Waals surface area contributed by atoms with Crippen molar-refractivity contribution in [1.29, 1.82) is 0 Å². The maximum atomic E-state index is 12.6. The Labute approximate surface area is 168 Å². The second-order valence-corrected chi connectivity index (χ2v) is 8.06. The summed E-state index contributed by atoms with van der Waals surface area (Å²) >= 11 is 3.15. The van der Waals surface area contributed by atoms with Crippen molar-refractivity contribution in [3.05, 3.63) is 75.7 Å². The second kappa shape index (κ2) is 9.06. The number of aryl methyl sites for hydroxylation is 1. The van der Waals surface area contributed by atoms with Crippen molar-refractivity contribution in [2.75, 3.05) is 13.3 Å². The Bertz CT molecular complexity index is 889. The topological polar surface area (TPSA) is 42.4 Å². The first kappa shape index (κ1) is 19.5. The van der Waals surface area contributed by atoms with Gasteiger partial charge in [0.05, 0.1) is 0 Å². The first-order valence-electron chi connectivity index (χ1n) is 8.57. The molecule has 0 spiro atoms. The highest BCUT2D eigenvalue weighted by atomic mass is 32.2. The molecule has 0 unspecified atom stereocenters. The van der Waals surface area contributed by atoms with Crippen LogP contribution >= 0.6 is 23.1 Å². The van der Waals surface area contributed by atoms with Crippen LogP contribution in [0.15, 0.2) is 58.8 Å². The summed E-state index contributed by atoms with van der Waals surface area (Å²) in [7, 11) is 1.80. The number of amides is 1. The van der Waals surface area contributed by atoms with Crippen LogP contribution in [0.3, 0.4) is 0 Å². The van der Waals surface area contributed by atoms with Crippen LogP contribution in [0.4, 0.5) is 0 Å². The summed E-state index contributed by atoms with van der Waals surface area (Å²) in [5.41, 5.74) is 2.75. The van der Waals surface area contributed by atoms with Crippen LogP contribution < -0.4 is 4.74 Å². The van der Waals surface area contributed by atoms with Gasteiger partial charge in [-0.2, -0.15) is 0 Å². The molecular weight excluding hydrogens is 376 g/mol. The van der Waals surface area contributed by atoms with Crippen molar-refractivity contribution < 1.29 is 9.53 Å². The third-order valence-electron chi connectivity index (χ3n) is 4.08. The van der Waals surface area contributed by atoms with Gasteiger partial charge in [0.15, 0.2) is 0 Å².